The monoisotopic (exact) mass is 262 g/mol. The zero-order valence-electron chi connectivity index (χ0n) is 12.2. The van der Waals surface area contributed by atoms with Gasteiger partial charge >= 0.3 is 0 Å². The zero-order chi connectivity index (χ0) is 13.7. The fourth-order valence-corrected chi connectivity index (χ4v) is 2.81. The summed E-state index contributed by atoms with van der Waals surface area (Å²) in [5.41, 5.74) is 7.13. The third-order valence-electron chi connectivity index (χ3n) is 3.96. The summed E-state index contributed by atoms with van der Waals surface area (Å²) in [6.07, 6.45) is 6.98. The Morgan fingerprint density at radius 3 is 3.00 bits per heavy atom. The molecule has 0 radical (unpaired) electrons. The highest BCUT2D eigenvalue weighted by Crippen LogP contribution is 2.23. The van der Waals surface area contributed by atoms with Crippen LogP contribution in [0.15, 0.2) is 18.3 Å². The fourth-order valence-electron chi connectivity index (χ4n) is 2.81. The van der Waals surface area contributed by atoms with Gasteiger partial charge in [-0.1, -0.05) is 12.5 Å². The molecule has 0 bridgehead atoms. The Balaban J connectivity index is 1.97. The summed E-state index contributed by atoms with van der Waals surface area (Å²) in [5, 5.41) is 0. The first-order valence-corrected chi connectivity index (χ1v) is 7.25. The normalized spacial score (nSPS) is 20.9. The summed E-state index contributed by atoms with van der Waals surface area (Å²) in [4.78, 5) is 9.04. The molecule has 1 aromatic heterocycles. The van der Waals surface area contributed by atoms with Gasteiger partial charge in [0.2, 0.25) is 0 Å². The highest BCUT2D eigenvalue weighted by Gasteiger charge is 2.22. The Morgan fingerprint density at radius 2 is 2.26 bits per heavy atom. The molecule has 2 N–H and O–H groups in total. The molecule has 19 heavy (non-hydrogen) atoms. The second-order valence-electron chi connectivity index (χ2n) is 5.76. The minimum absolute atomic E-state index is 0.680. The van der Waals surface area contributed by atoms with Crippen molar-refractivity contribution in [2.24, 2.45) is 0 Å². The van der Waals surface area contributed by atoms with E-state index in [9.17, 15) is 0 Å². The van der Waals surface area contributed by atoms with Crippen molar-refractivity contribution in [3.8, 4) is 0 Å². The van der Waals surface area contributed by atoms with E-state index >= 15 is 0 Å². The van der Waals surface area contributed by atoms with Gasteiger partial charge in [-0.3, -0.25) is 4.90 Å². The molecule has 0 amide bonds. The average molecular weight is 262 g/mol. The molecule has 0 aliphatic carbocycles. The van der Waals surface area contributed by atoms with Crippen molar-refractivity contribution in [2.45, 2.75) is 38.3 Å². The van der Waals surface area contributed by atoms with Gasteiger partial charge in [0.1, 0.15) is 5.82 Å². The Labute approximate surface area is 116 Å². The molecule has 2 heterocycles. The zero-order valence-corrected chi connectivity index (χ0v) is 12.2. The van der Waals surface area contributed by atoms with E-state index < -0.39 is 0 Å². The van der Waals surface area contributed by atoms with E-state index in [0.717, 1.165) is 13.1 Å². The van der Waals surface area contributed by atoms with Gasteiger partial charge in [0.05, 0.1) is 0 Å². The molecule has 0 saturated carbocycles. The Bertz CT molecular complexity index is 391. The third-order valence-corrected chi connectivity index (χ3v) is 3.96. The SMILES string of the molecule is CN(C)CCC1CCCCN1Cc1cccnc1N. The Kier molecular flexibility index (Phi) is 5.16. The van der Waals surface area contributed by atoms with Crippen LogP contribution in [0.3, 0.4) is 0 Å². The number of anilines is 1. The molecule has 1 atom stereocenters. The lowest BCUT2D eigenvalue weighted by Gasteiger charge is -2.36. The number of hydrogen-bond acceptors (Lipinski definition) is 4. The number of rotatable bonds is 5. The van der Waals surface area contributed by atoms with Gasteiger partial charge in [0.25, 0.3) is 0 Å². The van der Waals surface area contributed by atoms with Crippen molar-refractivity contribution in [2.75, 3.05) is 32.9 Å². The van der Waals surface area contributed by atoms with Crippen molar-refractivity contribution in [3.63, 3.8) is 0 Å². The molecule has 1 saturated heterocycles. The van der Waals surface area contributed by atoms with E-state index in [1.165, 1.54) is 37.8 Å². The number of nitrogens with two attached hydrogens (primary N) is 1. The number of pyridine rings is 1. The van der Waals surface area contributed by atoms with E-state index in [-0.39, 0.29) is 0 Å². The molecule has 0 spiro atoms. The fraction of sp³-hybridized carbons (Fsp3) is 0.667. The maximum atomic E-state index is 5.96. The van der Waals surface area contributed by atoms with Gasteiger partial charge < -0.3 is 10.6 Å². The van der Waals surface area contributed by atoms with Crippen molar-refractivity contribution in [1.82, 2.24) is 14.8 Å². The molecule has 1 aliphatic heterocycles. The molecule has 0 aromatic carbocycles. The first-order valence-electron chi connectivity index (χ1n) is 7.25. The maximum Gasteiger partial charge on any atom is 0.127 e. The molecule has 1 fully saturated rings. The van der Waals surface area contributed by atoms with E-state index in [4.69, 9.17) is 5.73 Å². The lowest BCUT2D eigenvalue weighted by molar-refractivity contribution is 0.125. The van der Waals surface area contributed by atoms with Gasteiger partial charge in [-0.25, -0.2) is 4.98 Å². The van der Waals surface area contributed by atoms with E-state index in [1.807, 2.05) is 6.07 Å². The topological polar surface area (TPSA) is 45.4 Å². The van der Waals surface area contributed by atoms with Crippen LogP contribution in [0.4, 0.5) is 5.82 Å². The van der Waals surface area contributed by atoms with Crippen molar-refractivity contribution in [3.05, 3.63) is 23.9 Å². The first kappa shape index (κ1) is 14.3. The van der Waals surface area contributed by atoms with Crippen LogP contribution >= 0.6 is 0 Å². The number of nitrogen functional groups attached to an aromatic ring is 1. The van der Waals surface area contributed by atoms with Crippen LogP contribution in [0.2, 0.25) is 0 Å². The number of aromatic nitrogens is 1. The summed E-state index contributed by atoms with van der Waals surface area (Å²) in [6, 6.07) is 4.76. The van der Waals surface area contributed by atoms with Crippen LogP contribution in [0.5, 0.6) is 0 Å². The van der Waals surface area contributed by atoms with Crippen LogP contribution in [0, 0.1) is 0 Å². The average Bonchev–Trinajstić information content (AvgIpc) is 2.40. The van der Waals surface area contributed by atoms with Crippen molar-refractivity contribution < 1.29 is 0 Å². The lowest BCUT2D eigenvalue weighted by Crippen LogP contribution is -2.40. The molecule has 2 rings (SSSR count). The predicted octanol–water partition coefficient (Wildman–Crippen LogP) is 1.97. The highest BCUT2D eigenvalue weighted by molar-refractivity contribution is 5.38. The number of likely N-dealkylation sites (tertiary alicyclic amines) is 1. The van der Waals surface area contributed by atoms with Gasteiger partial charge in [-0.05, 0) is 52.5 Å². The maximum absolute atomic E-state index is 5.96. The van der Waals surface area contributed by atoms with Gasteiger partial charge in [0.15, 0.2) is 0 Å². The largest absolute Gasteiger partial charge is 0.383 e. The van der Waals surface area contributed by atoms with Crippen LogP contribution < -0.4 is 5.73 Å². The van der Waals surface area contributed by atoms with Gasteiger partial charge in [-0.15, -0.1) is 0 Å². The van der Waals surface area contributed by atoms with Gasteiger partial charge in [0, 0.05) is 24.3 Å². The molecular formula is C15H26N4. The summed E-state index contributed by atoms with van der Waals surface area (Å²) in [7, 11) is 4.29. The highest BCUT2D eigenvalue weighted by atomic mass is 15.2. The number of nitrogens with zero attached hydrogens (tertiary/aromatic N) is 3. The Morgan fingerprint density at radius 1 is 1.42 bits per heavy atom. The third kappa shape index (κ3) is 4.18. The standard InChI is InChI=1S/C15H26N4/c1-18(2)11-8-14-7-3-4-10-19(14)12-13-6-5-9-17-15(13)16/h5-6,9,14H,3-4,7-8,10-12H2,1-2H3,(H2,16,17). The number of hydrogen-bond donors (Lipinski definition) is 1. The van der Waals surface area contributed by atoms with Crippen molar-refractivity contribution in [1.29, 1.82) is 0 Å². The summed E-state index contributed by atoms with van der Waals surface area (Å²) in [6.45, 7) is 3.29. The molecule has 1 unspecified atom stereocenters. The van der Waals surface area contributed by atoms with Crippen LogP contribution in [0.1, 0.15) is 31.2 Å². The molecular weight excluding hydrogens is 236 g/mol. The lowest BCUT2D eigenvalue weighted by atomic mass is 9.98. The Hall–Kier alpha value is -1.13. The minimum atomic E-state index is 0.680. The summed E-state index contributed by atoms with van der Waals surface area (Å²) in [5.74, 6) is 0.680. The quantitative estimate of drug-likeness (QED) is 0.881. The second kappa shape index (κ2) is 6.87. The predicted molar refractivity (Wildman–Crippen MR) is 79.9 cm³/mol. The van der Waals surface area contributed by atoms with Crippen LogP contribution in [-0.2, 0) is 6.54 Å². The first-order chi connectivity index (χ1) is 9.16. The molecule has 106 valence electrons. The summed E-state index contributed by atoms with van der Waals surface area (Å²) >= 11 is 0. The van der Waals surface area contributed by atoms with Crippen LogP contribution in [-0.4, -0.2) is 48.0 Å². The minimum Gasteiger partial charge on any atom is -0.383 e. The van der Waals surface area contributed by atoms with E-state index in [1.54, 1.807) is 6.20 Å². The van der Waals surface area contributed by atoms with E-state index in [0.29, 0.717) is 11.9 Å². The molecule has 1 aromatic rings. The summed E-state index contributed by atoms with van der Waals surface area (Å²) < 4.78 is 0. The molecule has 4 heteroatoms. The van der Waals surface area contributed by atoms with Crippen LogP contribution in [0.25, 0.3) is 0 Å². The van der Waals surface area contributed by atoms with Crippen molar-refractivity contribution >= 4 is 5.82 Å². The van der Waals surface area contributed by atoms with Gasteiger partial charge in [-0.2, -0.15) is 0 Å². The molecule has 4 nitrogen and oxygen atoms in total. The van der Waals surface area contributed by atoms with E-state index in [2.05, 4.69) is 34.9 Å². The smallest absolute Gasteiger partial charge is 0.127 e. The second-order valence-corrected chi connectivity index (χ2v) is 5.76. The molecule has 1 aliphatic rings. The number of piperidine rings is 1.